The van der Waals surface area contributed by atoms with Crippen LogP contribution in [0.15, 0.2) is 12.1 Å². The van der Waals surface area contributed by atoms with E-state index in [9.17, 15) is 13.2 Å². The van der Waals surface area contributed by atoms with Crippen LogP contribution in [0.3, 0.4) is 0 Å². The van der Waals surface area contributed by atoms with Gasteiger partial charge in [0.25, 0.3) is 0 Å². The Kier molecular flexibility index (Phi) is 3.04. The molecule has 19 heavy (non-hydrogen) atoms. The Morgan fingerprint density at radius 2 is 1.58 bits per heavy atom. The van der Waals surface area contributed by atoms with E-state index in [0.717, 1.165) is 16.7 Å². The van der Waals surface area contributed by atoms with E-state index in [1.165, 1.54) is 0 Å². The van der Waals surface area contributed by atoms with Gasteiger partial charge in [-0.2, -0.15) is 18.3 Å². The Morgan fingerprint density at radius 1 is 1.05 bits per heavy atom. The third kappa shape index (κ3) is 2.30. The van der Waals surface area contributed by atoms with Crippen LogP contribution >= 0.6 is 0 Å². The van der Waals surface area contributed by atoms with Crippen LogP contribution in [-0.4, -0.2) is 10.2 Å². The number of nitrogens with two attached hydrogens (primary N) is 1. The van der Waals surface area contributed by atoms with Gasteiger partial charge in [-0.3, -0.25) is 5.10 Å². The van der Waals surface area contributed by atoms with Crippen molar-refractivity contribution in [2.45, 2.75) is 26.9 Å². The largest absolute Gasteiger partial charge is 0.433 e. The fourth-order valence-corrected chi connectivity index (χ4v) is 2.39. The Labute approximate surface area is 108 Å². The Hall–Kier alpha value is -1.98. The molecule has 0 bridgehead atoms. The van der Waals surface area contributed by atoms with Gasteiger partial charge < -0.3 is 5.73 Å². The molecule has 6 heteroatoms. The van der Waals surface area contributed by atoms with Gasteiger partial charge in [0, 0.05) is 0 Å². The summed E-state index contributed by atoms with van der Waals surface area (Å²) in [5, 5.41) is 5.48. The van der Waals surface area contributed by atoms with E-state index < -0.39 is 11.9 Å². The van der Waals surface area contributed by atoms with Crippen molar-refractivity contribution in [3.05, 3.63) is 34.5 Å². The maximum atomic E-state index is 13.0. The number of anilines is 1. The van der Waals surface area contributed by atoms with Crippen LogP contribution in [-0.2, 0) is 6.18 Å². The van der Waals surface area contributed by atoms with Crippen LogP contribution in [0.2, 0.25) is 0 Å². The van der Waals surface area contributed by atoms with E-state index in [-0.39, 0.29) is 11.4 Å². The molecule has 3 N–H and O–H groups in total. The Bertz CT molecular complexity index is 604. The van der Waals surface area contributed by atoms with Crippen molar-refractivity contribution in [1.29, 1.82) is 0 Å². The summed E-state index contributed by atoms with van der Waals surface area (Å²) in [6, 6.07) is 3.66. The normalized spacial score (nSPS) is 11.9. The molecule has 0 fully saturated rings. The molecular weight excluding hydrogens is 255 g/mol. The third-order valence-electron chi connectivity index (χ3n) is 3.00. The van der Waals surface area contributed by atoms with Gasteiger partial charge in [-0.25, -0.2) is 0 Å². The minimum atomic E-state index is -4.51. The molecule has 0 saturated heterocycles. The van der Waals surface area contributed by atoms with Crippen LogP contribution < -0.4 is 5.73 Å². The number of benzene rings is 1. The lowest BCUT2D eigenvalue weighted by atomic mass is 9.93. The van der Waals surface area contributed by atoms with E-state index in [0.29, 0.717) is 5.56 Å². The summed E-state index contributed by atoms with van der Waals surface area (Å²) in [5.41, 5.74) is 7.61. The minimum Gasteiger partial charge on any atom is -0.382 e. The zero-order chi connectivity index (χ0) is 14.4. The summed E-state index contributed by atoms with van der Waals surface area (Å²) in [6.07, 6.45) is -4.51. The monoisotopic (exact) mass is 269 g/mol. The topological polar surface area (TPSA) is 54.7 Å². The molecule has 2 rings (SSSR count). The van der Waals surface area contributed by atoms with Crippen LogP contribution in [0.1, 0.15) is 22.4 Å². The number of nitrogens with zero attached hydrogens (tertiary/aromatic N) is 1. The average Bonchev–Trinajstić information content (AvgIpc) is 2.59. The second-order valence-corrected chi connectivity index (χ2v) is 4.63. The van der Waals surface area contributed by atoms with Crippen LogP contribution in [0.5, 0.6) is 0 Å². The number of hydrogen-bond acceptors (Lipinski definition) is 2. The van der Waals surface area contributed by atoms with Gasteiger partial charge in [-0.05, 0) is 37.5 Å². The lowest BCUT2D eigenvalue weighted by Gasteiger charge is -2.13. The van der Waals surface area contributed by atoms with Gasteiger partial charge in [0.2, 0.25) is 0 Å². The van der Waals surface area contributed by atoms with Crippen molar-refractivity contribution < 1.29 is 13.2 Å². The molecule has 0 saturated carbocycles. The zero-order valence-corrected chi connectivity index (χ0v) is 10.8. The first-order valence-electron chi connectivity index (χ1n) is 5.71. The SMILES string of the molecule is Cc1cc(C)c(-c2c(N)n[nH]c2C(F)(F)F)c(C)c1. The molecule has 0 radical (unpaired) electrons. The Balaban J connectivity index is 2.77. The van der Waals surface area contributed by atoms with Crippen molar-refractivity contribution in [3.63, 3.8) is 0 Å². The number of nitrogen functional groups attached to an aromatic ring is 1. The van der Waals surface area contributed by atoms with Gasteiger partial charge in [0.05, 0.1) is 5.56 Å². The summed E-state index contributed by atoms with van der Waals surface area (Å²) in [5.74, 6) is -0.137. The zero-order valence-electron chi connectivity index (χ0n) is 10.8. The number of alkyl halides is 3. The highest BCUT2D eigenvalue weighted by molar-refractivity contribution is 5.81. The average molecular weight is 269 g/mol. The van der Waals surface area contributed by atoms with Crippen molar-refractivity contribution >= 4 is 5.82 Å². The molecule has 102 valence electrons. The number of hydrogen-bond donors (Lipinski definition) is 2. The summed E-state index contributed by atoms with van der Waals surface area (Å²) in [4.78, 5) is 0. The van der Waals surface area contributed by atoms with Gasteiger partial charge in [0.1, 0.15) is 5.69 Å². The molecular formula is C13H14F3N3. The number of aryl methyl sites for hydroxylation is 3. The second-order valence-electron chi connectivity index (χ2n) is 4.63. The number of aromatic nitrogens is 2. The standard InChI is InChI=1S/C13H14F3N3/c1-6-4-7(2)9(8(3)5-6)10-11(13(14,15)16)18-19-12(10)17/h4-5H,1-3H3,(H3,17,18,19). The molecule has 1 aromatic heterocycles. The van der Waals surface area contributed by atoms with Crippen LogP contribution in [0.4, 0.5) is 19.0 Å². The smallest absolute Gasteiger partial charge is 0.382 e. The first-order valence-corrected chi connectivity index (χ1v) is 5.71. The summed E-state index contributed by atoms with van der Waals surface area (Å²) < 4.78 is 38.9. The van der Waals surface area contributed by atoms with Crippen LogP contribution in [0.25, 0.3) is 11.1 Å². The summed E-state index contributed by atoms with van der Waals surface area (Å²) >= 11 is 0. The highest BCUT2D eigenvalue weighted by atomic mass is 19.4. The van der Waals surface area contributed by atoms with E-state index in [1.54, 1.807) is 13.8 Å². The first kappa shape index (κ1) is 13.5. The highest BCUT2D eigenvalue weighted by Crippen LogP contribution is 2.41. The fraction of sp³-hybridized carbons (Fsp3) is 0.308. The maximum absolute atomic E-state index is 13.0. The molecule has 0 amide bonds. The number of H-pyrrole nitrogens is 1. The van der Waals surface area contributed by atoms with Gasteiger partial charge >= 0.3 is 6.18 Å². The van der Waals surface area contributed by atoms with E-state index in [2.05, 4.69) is 5.10 Å². The number of nitrogens with one attached hydrogen (secondary N) is 1. The fourth-order valence-electron chi connectivity index (χ4n) is 2.39. The van der Waals surface area contributed by atoms with Crippen molar-refractivity contribution in [1.82, 2.24) is 10.2 Å². The Morgan fingerprint density at radius 3 is 2.05 bits per heavy atom. The van der Waals surface area contributed by atoms with Crippen LogP contribution in [0, 0.1) is 20.8 Å². The minimum absolute atomic E-state index is 0.0671. The molecule has 0 atom stereocenters. The predicted molar refractivity (Wildman–Crippen MR) is 67.6 cm³/mol. The lowest BCUT2D eigenvalue weighted by Crippen LogP contribution is -2.08. The van der Waals surface area contributed by atoms with Gasteiger partial charge in [-0.1, -0.05) is 17.7 Å². The molecule has 1 aromatic carbocycles. The number of halogens is 3. The predicted octanol–water partition coefficient (Wildman–Crippen LogP) is 3.60. The van der Waals surface area contributed by atoms with Gasteiger partial charge in [0.15, 0.2) is 5.82 Å². The summed E-state index contributed by atoms with van der Waals surface area (Å²) in [6.45, 7) is 5.43. The molecule has 0 unspecified atom stereocenters. The molecule has 0 aliphatic heterocycles. The van der Waals surface area contributed by atoms with E-state index in [4.69, 9.17) is 5.73 Å². The number of rotatable bonds is 1. The van der Waals surface area contributed by atoms with Crippen molar-refractivity contribution in [2.75, 3.05) is 5.73 Å². The highest BCUT2D eigenvalue weighted by Gasteiger charge is 2.38. The van der Waals surface area contributed by atoms with E-state index >= 15 is 0 Å². The van der Waals surface area contributed by atoms with E-state index in [1.807, 2.05) is 24.2 Å². The quantitative estimate of drug-likeness (QED) is 0.831. The third-order valence-corrected chi connectivity index (χ3v) is 3.00. The molecule has 0 spiro atoms. The maximum Gasteiger partial charge on any atom is 0.433 e. The molecule has 2 aromatic rings. The van der Waals surface area contributed by atoms with Gasteiger partial charge in [-0.15, -0.1) is 0 Å². The van der Waals surface area contributed by atoms with Crippen molar-refractivity contribution in [2.24, 2.45) is 0 Å². The molecule has 3 nitrogen and oxygen atoms in total. The molecule has 0 aliphatic rings. The lowest BCUT2D eigenvalue weighted by molar-refractivity contribution is -0.140. The molecule has 0 aliphatic carbocycles. The first-order chi connectivity index (χ1) is 8.71. The van der Waals surface area contributed by atoms with Crippen molar-refractivity contribution in [3.8, 4) is 11.1 Å². The number of aromatic amines is 1. The molecule has 1 heterocycles. The second kappa shape index (κ2) is 4.29. The summed E-state index contributed by atoms with van der Waals surface area (Å²) in [7, 11) is 0.